The first-order chi connectivity index (χ1) is 13.0. The number of fused-ring (bicyclic) bond motifs is 1. The minimum atomic E-state index is -0.698. The van der Waals surface area contributed by atoms with E-state index in [2.05, 4.69) is 5.32 Å². The molecule has 0 unspecified atom stereocenters. The zero-order chi connectivity index (χ0) is 19.4. The number of nitrogens with one attached hydrogen (secondary N) is 1. The van der Waals surface area contributed by atoms with Crippen LogP contribution in [0.4, 0.5) is 5.69 Å². The van der Waals surface area contributed by atoms with Crippen LogP contribution in [0.15, 0.2) is 46.9 Å². The van der Waals surface area contributed by atoms with E-state index >= 15 is 0 Å². The molecule has 1 heterocycles. The number of furan rings is 1. The van der Waals surface area contributed by atoms with Crippen LogP contribution in [0.3, 0.4) is 0 Å². The van der Waals surface area contributed by atoms with Crippen LogP contribution in [0.2, 0.25) is 0 Å². The second-order valence-electron chi connectivity index (χ2n) is 5.74. The van der Waals surface area contributed by atoms with Gasteiger partial charge in [-0.3, -0.25) is 4.79 Å². The lowest BCUT2D eigenvalue weighted by molar-refractivity contribution is -0.119. The van der Waals surface area contributed by atoms with E-state index in [9.17, 15) is 9.59 Å². The number of methoxy groups -OCH3 is 2. The Kier molecular flexibility index (Phi) is 5.30. The Morgan fingerprint density at radius 1 is 1.07 bits per heavy atom. The molecule has 0 aliphatic heterocycles. The van der Waals surface area contributed by atoms with Gasteiger partial charge < -0.3 is 23.9 Å². The molecule has 0 bridgehead atoms. The average Bonchev–Trinajstić information content (AvgIpc) is 3.03. The molecule has 0 saturated carbocycles. The number of hydrogen-bond acceptors (Lipinski definition) is 6. The third kappa shape index (κ3) is 3.87. The summed E-state index contributed by atoms with van der Waals surface area (Å²) >= 11 is 0. The van der Waals surface area contributed by atoms with Crippen molar-refractivity contribution in [2.75, 3.05) is 26.1 Å². The standard InChI is InChI=1S/C20H19NO6/c1-12-14-6-4-5-7-16(14)27-19(12)20(23)26-11-18(22)21-15-10-13(24-2)8-9-17(15)25-3/h4-10H,11H2,1-3H3,(H,21,22). The van der Waals surface area contributed by atoms with Gasteiger partial charge >= 0.3 is 5.97 Å². The van der Waals surface area contributed by atoms with Gasteiger partial charge in [0.25, 0.3) is 5.91 Å². The SMILES string of the molecule is COc1ccc(OC)c(NC(=O)COC(=O)c2oc3ccccc3c2C)c1. The summed E-state index contributed by atoms with van der Waals surface area (Å²) in [5.41, 5.74) is 1.68. The molecule has 0 aliphatic rings. The first kappa shape index (κ1) is 18.3. The molecule has 7 heteroatoms. The van der Waals surface area contributed by atoms with Crippen LogP contribution >= 0.6 is 0 Å². The summed E-state index contributed by atoms with van der Waals surface area (Å²) in [6.07, 6.45) is 0. The average molecular weight is 369 g/mol. The molecular weight excluding hydrogens is 350 g/mol. The number of esters is 1. The predicted octanol–water partition coefficient (Wildman–Crippen LogP) is 3.55. The minimum absolute atomic E-state index is 0.0861. The highest BCUT2D eigenvalue weighted by molar-refractivity contribution is 5.98. The normalized spacial score (nSPS) is 10.5. The molecule has 0 atom stereocenters. The van der Waals surface area contributed by atoms with Crippen LogP contribution in [0.25, 0.3) is 11.0 Å². The fourth-order valence-corrected chi connectivity index (χ4v) is 2.66. The van der Waals surface area contributed by atoms with E-state index in [4.69, 9.17) is 18.6 Å². The summed E-state index contributed by atoms with van der Waals surface area (Å²) in [4.78, 5) is 24.4. The van der Waals surface area contributed by atoms with E-state index in [-0.39, 0.29) is 5.76 Å². The first-order valence-electron chi connectivity index (χ1n) is 8.20. The first-order valence-corrected chi connectivity index (χ1v) is 8.20. The molecule has 3 rings (SSSR count). The second kappa shape index (κ2) is 7.82. The van der Waals surface area contributed by atoms with Gasteiger partial charge in [0, 0.05) is 17.0 Å². The van der Waals surface area contributed by atoms with Gasteiger partial charge in [-0.25, -0.2) is 4.79 Å². The van der Waals surface area contributed by atoms with Gasteiger partial charge in [-0.1, -0.05) is 18.2 Å². The molecule has 0 spiro atoms. The van der Waals surface area contributed by atoms with Crippen molar-refractivity contribution in [3.63, 3.8) is 0 Å². The fourth-order valence-electron chi connectivity index (χ4n) is 2.66. The molecule has 7 nitrogen and oxygen atoms in total. The Hall–Kier alpha value is -3.48. The van der Waals surface area contributed by atoms with Crippen LogP contribution in [0, 0.1) is 6.92 Å². The predicted molar refractivity (Wildman–Crippen MR) is 99.4 cm³/mol. The number of carbonyl (C=O) groups is 2. The van der Waals surface area contributed by atoms with Gasteiger partial charge in [0.2, 0.25) is 5.76 Å². The number of carbonyl (C=O) groups excluding carboxylic acids is 2. The third-order valence-corrected chi connectivity index (χ3v) is 4.04. The Morgan fingerprint density at radius 2 is 1.85 bits per heavy atom. The summed E-state index contributed by atoms with van der Waals surface area (Å²) in [5.74, 6) is -0.104. The summed E-state index contributed by atoms with van der Waals surface area (Å²) in [6.45, 7) is 1.30. The Balaban J connectivity index is 1.67. The monoisotopic (exact) mass is 369 g/mol. The molecule has 140 valence electrons. The number of anilines is 1. The zero-order valence-electron chi connectivity index (χ0n) is 15.2. The van der Waals surface area contributed by atoms with Gasteiger partial charge in [0.1, 0.15) is 17.1 Å². The van der Waals surface area contributed by atoms with E-state index in [1.54, 1.807) is 31.2 Å². The molecule has 1 aromatic heterocycles. The van der Waals surface area contributed by atoms with Crippen LogP contribution in [-0.4, -0.2) is 32.7 Å². The van der Waals surface area contributed by atoms with Crippen molar-refractivity contribution in [3.8, 4) is 11.5 Å². The topological polar surface area (TPSA) is 87.0 Å². The Labute approximate surface area is 155 Å². The van der Waals surface area contributed by atoms with E-state index in [1.165, 1.54) is 14.2 Å². The number of hydrogen-bond donors (Lipinski definition) is 1. The molecular formula is C20H19NO6. The molecule has 0 radical (unpaired) electrons. The van der Waals surface area contributed by atoms with Crippen molar-refractivity contribution < 1.29 is 28.2 Å². The van der Waals surface area contributed by atoms with Crippen molar-refractivity contribution in [1.82, 2.24) is 0 Å². The molecule has 27 heavy (non-hydrogen) atoms. The second-order valence-corrected chi connectivity index (χ2v) is 5.74. The number of para-hydroxylation sites is 1. The number of benzene rings is 2. The molecule has 0 fully saturated rings. The summed E-state index contributed by atoms with van der Waals surface area (Å²) in [6, 6.07) is 12.3. The molecule has 3 aromatic rings. The molecule has 0 aliphatic carbocycles. The maximum atomic E-state index is 12.3. The van der Waals surface area contributed by atoms with Gasteiger partial charge in [0.05, 0.1) is 19.9 Å². The van der Waals surface area contributed by atoms with Gasteiger partial charge in [0.15, 0.2) is 6.61 Å². The quantitative estimate of drug-likeness (QED) is 0.669. The number of ether oxygens (including phenoxy) is 3. The van der Waals surface area contributed by atoms with Crippen molar-refractivity contribution in [2.24, 2.45) is 0 Å². The lowest BCUT2D eigenvalue weighted by Crippen LogP contribution is -2.21. The van der Waals surface area contributed by atoms with Crippen LogP contribution in [-0.2, 0) is 9.53 Å². The number of rotatable bonds is 6. The van der Waals surface area contributed by atoms with Crippen LogP contribution < -0.4 is 14.8 Å². The van der Waals surface area contributed by atoms with Crippen molar-refractivity contribution >= 4 is 28.5 Å². The Morgan fingerprint density at radius 3 is 2.56 bits per heavy atom. The summed E-state index contributed by atoms with van der Waals surface area (Å²) < 4.78 is 20.9. The summed E-state index contributed by atoms with van der Waals surface area (Å²) in [5, 5.41) is 3.46. The van der Waals surface area contributed by atoms with E-state index < -0.39 is 18.5 Å². The maximum Gasteiger partial charge on any atom is 0.375 e. The van der Waals surface area contributed by atoms with Gasteiger partial charge in [-0.15, -0.1) is 0 Å². The van der Waals surface area contributed by atoms with E-state index in [0.29, 0.717) is 28.3 Å². The van der Waals surface area contributed by atoms with Crippen molar-refractivity contribution in [2.45, 2.75) is 6.92 Å². The number of aryl methyl sites for hydroxylation is 1. The zero-order valence-corrected chi connectivity index (χ0v) is 15.2. The lowest BCUT2D eigenvalue weighted by Gasteiger charge is -2.11. The summed E-state index contributed by atoms with van der Waals surface area (Å²) in [7, 11) is 3.01. The maximum absolute atomic E-state index is 12.3. The molecule has 2 aromatic carbocycles. The van der Waals surface area contributed by atoms with Crippen molar-refractivity contribution in [3.05, 3.63) is 53.8 Å². The highest BCUT2D eigenvalue weighted by Crippen LogP contribution is 2.29. The van der Waals surface area contributed by atoms with E-state index in [0.717, 1.165) is 5.39 Å². The Bertz CT molecular complexity index is 991. The number of amides is 1. The lowest BCUT2D eigenvalue weighted by atomic mass is 10.1. The highest BCUT2D eigenvalue weighted by Gasteiger charge is 2.20. The minimum Gasteiger partial charge on any atom is -0.497 e. The fraction of sp³-hybridized carbons (Fsp3) is 0.200. The van der Waals surface area contributed by atoms with Crippen LogP contribution in [0.5, 0.6) is 11.5 Å². The highest BCUT2D eigenvalue weighted by atomic mass is 16.5. The van der Waals surface area contributed by atoms with Crippen LogP contribution in [0.1, 0.15) is 16.1 Å². The molecule has 0 saturated heterocycles. The molecule has 1 amide bonds. The molecule has 1 N–H and O–H groups in total. The third-order valence-electron chi connectivity index (χ3n) is 4.04. The largest absolute Gasteiger partial charge is 0.497 e. The van der Waals surface area contributed by atoms with E-state index in [1.807, 2.05) is 18.2 Å². The van der Waals surface area contributed by atoms with Crippen molar-refractivity contribution in [1.29, 1.82) is 0 Å². The van der Waals surface area contributed by atoms with Gasteiger partial charge in [-0.2, -0.15) is 0 Å². The van der Waals surface area contributed by atoms with Gasteiger partial charge in [-0.05, 0) is 25.1 Å². The smallest absolute Gasteiger partial charge is 0.375 e.